The highest BCUT2D eigenvalue weighted by Crippen LogP contribution is 2.21. The number of carboxylic acids is 1. The molecule has 0 saturated carbocycles. The van der Waals surface area contributed by atoms with E-state index in [2.05, 4.69) is 11.9 Å². The fourth-order valence-electron chi connectivity index (χ4n) is 1.96. The van der Waals surface area contributed by atoms with Gasteiger partial charge in [-0.15, -0.1) is 6.58 Å². The maximum absolute atomic E-state index is 12.1. The van der Waals surface area contributed by atoms with Crippen LogP contribution >= 0.6 is 0 Å². The quantitative estimate of drug-likeness (QED) is 0.435. The summed E-state index contributed by atoms with van der Waals surface area (Å²) in [6.45, 7) is 5.27. The van der Waals surface area contributed by atoms with Crippen molar-refractivity contribution in [3.63, 3.8) is 0 Å². The molecule has 7 heteroatoms. The Labute approximate surface area is 127 Å². The van der Waals surface area contributed by atoms with Crippen LogP contribution in [0.1, 0.15) is 35.7 Å². The molecule has 0 aliphatic rings. The van der Waals surface area contributed by atoms with Crippen molar-refractivity contribution >= 4 is 17.6 Å². The Bertz CT molecular complexity index is 598. The van der Waals surface area contributed by atoms with Gasteiger partial charge in [0.2, 0.25) is 0 Å². The van der Waals surface area contributed by atoms with E-state index in [1.807, 2.05) is 0 Å². The van der Waals surface area contributed by atoms with Crippen LogP contribution in [0.25, 0.3) is 0 Å². The molecule has 1 aromatic carbocycles. The van der Waals surface area contributed by atoms with Gasteiger partial charge in [-0.1, -0.05) is 19.1 Å². The zero-order chi connectivity index (χ0) is 16.7. The number of benzene rings is 1. The van der Waals surface area contributed by atoms with Crippen LogP contribution in [-0.2, 0) is 11.2 Å². The van der Waals surface area contributed by atoms with Gasteiger partial charge in [0.15, 0.2) is 0 Å². The first-order valence-electron chi connectivity index (χ1n) is 6.82. The van der Waals surface area contributed by atoms with Crippen molar-refractivity contribution in [1.29, 1.82) is 0 Å². The van der Waals surface area contributed by atoms with E-state index in [1.165, 1.54) is 18.2 Å². The van der Waals surface area contributed by atoms with Gasteiger partial charge in [0.25, 0.3) is 11.6 Å². The molecule has 0 aliphatic heterocycles. The topological polar surface area (TPSA) is 110 Å². The van der Waals surface area contributed by atoms with Crippen LogP contribution in [0, 0.1) is 10.1 Å². The molecule has 118 valence electrons. The highest BCUT2D eigenvalue weighted by Gasteiger charge is 2.22. The lowest BCUT2D eigenvalue weighted by atomic mass is 10.1. The lowest BCUT2D eigenvalue weighted by molar-refractivity contribution is -0.385. The average Bonchev–Trinajstić information content (AvgIpc) is 2.50. The molecule has 1 rings (SSSR count). The van der Waals surface area contributed by atoms with E-state index in [1.54, 1.807) is 13.0 Å². The predicted octanol–water partition coefficient (Wildman–Crippen LogP) is 2.31. The summed E-state index contributed by atoms with van der Waals surface area (Å²) in [5, 5.41) is 22.4. The molecule has 1 unspecified atom stereocenters. The molecule has 0 bridgehead atoms. The van der Waals surface area contributed by atoms with Gasteiger partial charge in [-0.05, 0) is 25.3 Å². The number of hydrogen-bond acceptors (Lipinski definition) is 4. The van der Waals surface area contributed by atoms with Gasteiger partial charge >= 0.3 is 5.97 Å². The largest absolute Gasteiger partial charge is 0.480 e. The van der Waals surface area contributed by atoms with Crippen molar-refractivity contribution in [3.8, 4) is 0 Å². The fourth-order valence-corrected chi connectivity index (χ4v) is 1.96. The molecule has 0 fully saturated rings. The minimum atomic E-state index is -1.16. The highest BCUT2D eigenvalue weighted by molar-refractivity contribution is 5.97. The number of nitrogens with zero attached hydrogens (tertiary/aromatic N) is 1. The summed E-state index contributed by atoms with van der Waals surface area (Å²) in [6, 6.07) is 3.07. The van der Waals surface area contributed by atoms with E-state index >= 15 is 0 Å². The number of aryl methyl sites for hydroxylation is 1. The SMILES string of the molecule is C=CCCC(NC(=O)c1ccc(CC)c([N+](=O)[O-])c1)C(=O)O. The van der Waals surface area contributed by atoms with Crippen LogP contribution in [0.3, 0.4) is 0 Å². The summed E-state index contributed by atoms with van der Waals surface area (Å²) in [4.78, 5) is 33.6. The molecule has 1 atom stereocenters. The van der Waals surface area contributed by atoms with Crippen molar-refractivity contribution < 1.29 is 19.6 Å². The fraction of sp³-hybridized carbons (Fsp3) is 0.333. The summed E-state index contributed by atoms with van der Waals surface area (Å²) in [6.07, 6.45) is 2.67. The van der Waals surface area contributed by atoms with E-state index < -0.39 is 22.8 Å². The van der Waals surface area contributed by atoms with Gasteiger partial charge < -0.3 is 10.4 Å². The molecule has 0 radical (unpaired) electrons. The maximum Gasteiger partial charge on any atom is 0.326 e. The number of nitro groups is 1. The van der Waals surface area contributed by atoms with Gasteiger partial charge in [-0.25, -0.2) is 4.79 Å². The number of aliphatic carboxylic acids is 1. The molecule has 0 saturated heterocycles. The minimum absolute atomic E-state index is 0.0637. The number of nitrogens with one attached hydrogen (secondary N) is 1. The van der Waals surface area contributed by atoms with Gasteiger partial charge in [-0.3, -0.25) is 14.9 Å². The van der Waals surface area contributed by atoms with E-state index in [0.29, 0.717) is 18.4 Å². The molecule has 0 spiro atoms. The Hall–Kier alpha value is -2.70. The maximum atomic E-state index is 12.1. The number of allylic oxidation sites excluding steroid dienone is 1. The summed E-state index contributed by atoms with van der Waals surface area (Å²) >= 11 is 0. The number of carbonyl (C=O) groups excluding carboxylic acids is 1. The molecule has 0 aliphatic carbocycles. The number of hydrogen-bond donors (Lipinski definition) is 2. The minimum Gasteiger partial charge on any atom is -0.480 e. The smallest absolute Gasteiger partial charge is 0.326 e. The summed E-state index contributed by atoms with van der Waals surface area (Å²) in [7, 11) is 0. The summed E-state index contributed by atoms with van der Waals surface area (Å²) in [5.41, 5.74) is 0.435. The first kappa shape index (κ1) is 17.4. The third-order valence-corrected chi connectivity index (χ3v) is 3.19. The van der Waals surface area contributed by atoms with Gasteiger partial charge in [0.05, 0.1) is 4.92 Å². The van der Waals surface area contributed by atoms with Crippen LogP contribution in [0.15, 0.2) is 30.9 Å². The molecule has 0 aromatic heterocycles. The summed E-state index contributed by atoms with van der Waals surface area (Å²) < 4.78 is 0. The zero-order valence-electron chi connectivity index (χ0n) is 12.2. The lowest BCUT2D eigenvalue weighted by Gasteiger charge is -2.13. The summed E-state index contributed by atoms with van der Waals surface area (Å²) in [5.74, 6) is -1.81. The Morgan fingerprint density at radius 3 is 2.68 bits per heavy atom. The van der Waals surface area contributed by atoms with Gasteiger partial charge in [0.1, 0.15) is 6.04 Å². The molecule has 1 amide bonds. The molecule has 2 N–H and O–H groups in total. The zero-order valence-corrected chi connectivity index (χ0v) is 12.2. The van der Waals surface area contributed by atoms with Crippen LogP contribution in [0.4, 0.5) is 5.69 Å². The number of carbonyl (C=O) groups is 2. The highest BCUT2D eigenvalue weighted by atomic mass is 16.6. The number of amides is 1. The van der Waals surface area contributed by atoms with Crippen LogP contribution in [-0.4, -0.2) is 27.9 Å². The Morgan fingerprint density at radius 2 is 2.18 bits per heavy atom. The Morgan fingerprint density at radius 1 is 1.50 bits per heavy atom. The van der Waals surface area contributed by atoms with Crippen LogP contribution in [0.2, 0.25) is 0 Å². The molecule has 1 aromatic rings. The third kappa shape index (κ3) is 4.41. The number of rotatable bonds is 8. The second-order valence-corrected chi connectivity index (χ2v) is 4.68. The monoisotopic (exact) mass is 306 g/mol. The number of carboxylic acid groups (broad SMARTS) is 1. The second-order valence-electron chi connectivity index (χ2n) is 4.68. The van der Waals surface area contributed by atoms with Gasteiger partial charge in [0, 0.05) is 17.2 Å². The molecular formula is C15H18N2O5. The normalized spacial score (nSPS) is 11.5. The lowest BCUT2D eigenvalue weighted by Crippen LogP contribution is -2.40. The van der Waals surface area contributed by atoms with Gasteiger partial charge in [-0.2, -0.15) is 0 Å². The van der Waals surface area contributed by atoms with Crippen molar-refractivity contribution in [2.24, 2.45) is 0 Å². The standard InChI is InChI=1S/C15H18N2O5/c1-3-5-6-12(15(19)20)16-14(18)11-8-7-10(4-2)13(9-11)17(21)22/h3,7-9,12H,1,4-6H2,2H3,(H,16,18)(H,19,20). The van der Waals surface area contributed by atoms with Crippen LogP contribution in [0.5, 0.6) is 0 Å². The Balaban J connectivity index is 2.97. The van der Waals surface area contributed by atoms with Crippen molar-refractivity contribution in [2.45, 2.75) is 32.2 Å². The van der Waals surface area contributed by atoms with Crippen molar-refractivity contribution in [2.75, 3.05) is 0 Å². The van der Waals surface area contributed by atoms with E-state index in [4.69, 9.17) is 5.11 Å². The molecule has 22 heavy (non-hydrogen) atoms. The number of nitro benzene ring substituents is 1. The molecular weight excluding hydrogens is 288 g/mol. The van der Waals surface area contributed by atoms with E-state index in [0.717, 1.165) is 0 Å². The third-order valence-electron chi connectivity index (χ3n) is 3.19. The van der Waals surface area contributed by atoms with E-state index in [9.17, 15) is 19.7 Å². The van der Waals surface area contributed by atoms with E-state index in [-0.39, 0.29) is 17.7 Å². The van der Waals surface area contributed by atoms with Crippen molar-refractivity contribution in [1.82, 2.24) is 5.32 Å². The second kappa shape index (κ2) is 7.92. The predicted molar refractivity (Wildman–Crippen MR) is 80.8 cm³/mol. The Kier molecular flexibility index (Phi) is 6.25. The first-order chi connectivity index (χ1) is 10.4. The first-order valence-corrected chi connectivity index (χ1v) is 6.82. The average molecular weight is 306 g/mol. The molecule has 0 heterocycles. The van der Waals surface area contributed by atoms with Crippen LogP contribution < -0.4 is 5.32 Å². The van der Waals surface area contributed by atoms with Crippen molar-refractivity contribution in [3.05, 3.63) is 52.1 Å². The molecule has 7 nitrogen and oxygen atoms in total.